The molecule has 4 heteroatoms. The largest absolute Gasteiger partial charge is 0.492 e. The Hall–Kier alpha value is -1.58. The molecule has 0 saturated carbocycles. The van der Waals surface area contributed by atoms with Crippen molar-refractivity contribution in [3.63, 3.8) is 0 Å². The molecule has 0 aliphatic carbocycles. The van der Waals surface area contributed by atoms with Gasteiger partial charge in [0.1, 0.15) is 12.4 Å². The van der Waals surface area contributed by atoms with Crippen molar-refractivity contribution in [2.75, 3.05) is 13.7 Å². The van der Waals surface area contributed by atoms with E-state index in [0.717, 1.165) is 11.3 Å². The van der Waals surface area contributed by atoms with Crippen molar-refractivity contribution in [1.82, 2.24) is 10.3 Å². The molecular formula is C14H15ClN2O. The van der Waals surface area contributed by atoms with E-state index in [9.17, 15) is 0 Å². The van der Waals surface area contributed by atoms with Crippen molar-refractivity contribution in [3.05, 3.63) is 59.4 Å². The Morgan fingerprint density at radius 2 is 1.83 bits per heavy atom. The fourth-order valence-electron chi connectivity index (χ4n) is 1.65. The number of likely N-dealkylation sites (N-methyl/N-ethyl adjacent to an activating group) is 1. The first-order valence-electron chi connectivity index (χ1n) is 5.75. The molecule has 1 N–H and O–H groups in total. The highest BCUT2D eigenvalue weighted by Gasteiger charge is 2.09. The van der Waals surface area contributed by atoms with Crippen molar-refractivity contribution in [1.29, 1.82) is 0 Å². The van der Waals surface area contributed by atoms with Gasteiger partial charge >= 0.3 is 0 Å². The summed E-state index contributed by atoms with van der Waals surface area (Å²) in [6, 6.07) is 11.5. The summed E-state index contributed by atoms with van der Waals surface area (Å²) in [5.74, 6) is 0.814. The predicted octanol–water partition coefficient (Wildman–Crippen LogP) is 3.07. The van der Waals surface area contributed by atoms with Gasteiger partial charge in [-0.1, -0.05) is 11.6 Å². The molecule has 0 fully saturated rings. The summed E-state index contributed by atoms with van der Waals surface area (Å²) in [5, 5.41) is 3.93. The Balaban J connectivity index is 1.97. The smallest absolute Gasteiger partial charge is 0.119 e. The van der Waals surface area contributed by atoms with Gasteiger partial charge in [0.25, 0.3) is 0 Å². The van der Waals surface area contributed by atoms with Crippen LogP contribution in [0.3, 0.4) is 0 Å². The van der Waals surface area contributed by atoms with E-state index in [0.29, 0.717) is 11.6 Å². The van der Waals surface area contributed by atoms with E-state index < -0.39 is 0 Å². The third-order valence-corrected chi connectivity index (χ3v) is 2.94. The van der Waals surface area contributed by atoms with Gasteiger partial charge in [-0.15, -0.1) is 0 Å². The zero-order valence-electron chi connectivity index (χ0n) is 10.1. The third kappa shape index (κ3) is 3.45. The van der Waals surface area contributed by atoms with E-state index in [4.69, 9.17) is 16.3 Å². The SMILES string of the molecule is CNC(COc1ccc(Cl)cc1)c1ccncc1. The Kier molecular flexibility index (Phi) is 4.56. The monoisotopic (exact) mass is 262 g/mol. The highest BCUT2D eigenvalue weighted by molar-refractivity contribution is 6.30. The molecule has 1 aromatic carbocycles. The molecule has 1 heterocycles. The fraction of sp³-hybridized carbons (Fsp3) is 0.214. The first kappa shape index (κ1) is 12.9. The molecule has 1 aromatic heterocycles. The number of pyridine rings is 1. The van der Waals surface area contributed by atoms with Crippen molar-refractivity contribution >= 4 is 11.6 Å². The first-order valence-corrected chi connectivity index (χ1v) is 6.13. The van der Waals surface area contributed by atoms with Crippen LogP contribution in [0.4, 0.5) is 0 Å². The van der Waals surface area contributed by atoms with Gasteiger partial charge in [0.2, 0.25) is 0 Å². The van der Waals surface area contributed by atoms with Gasteiger partial charge in [0.15, 0.2) is 0 Å². The second-order valence-corrected chi connectivity index (χ2v) is 4.32. The molecule has 0 aliphatic rings. The molecule has 2 aromatic rings. The summed E-state index contributed by atoms with van der Waals surface area (Å²) in [6.45, 7) is 0.558. The summed E-state index contributed by atoms with van der Waals surface area (Å²) < 4.78 is 5.73. The van der Waals surface area contributed by atoms with Crippen molar-refractivity contribution < 1.29 is 4.74 Å². The number of hydrogen-bond acceptors (Lipinski definition) is 3. The minimum Gasteiger partial charge on any atom is -0.492 e. The van der Waals surface area contributed by atoms with E-state index in [1.54, 1.807) is 12.4 Å². The van der Waals surface area contributed by atoms with E-state index in [2.05, 4.69) is 10.3 Å². The van der Waals surface area contributed by atoms with Crippen LogP contribution in [-0.4, -0.2) is 18.6 Å². The second-order valence-electron chi connectivity index (χ2n) is 3.89. The first-order chi connectivity index (χ1) is 8.79. The molecule has 0 aliphatic heterocycles. The number of aromatic nitrogens is 1. The van der Waals surface area contributed by atoms with Crippen molar-refractivity contribution in [3.8, 4) is 5.75 Å². The molecule has 94 valence electrons. The normalized spacial score (nSPS) is 12.1. The Morgan fingerprint density at radius 1 is 1.17 bits per heavy atom. The molecule has 0 amide bonds. The summed E-state index contributed by atoms with van der Waals surface area (Å²) in [6.07, 6.45) is 3.56. The molecule has 18 heavy (non-hydrogen) atoms. The maximum Gasteiger partial charge on any atom is 0.119 e. The zero-order valence-corrected chi connectivity index (χ0v) is 10.9. The van der Waals surface area contributed by atoms with Crippen LogP contribution < -0.4 is 10.1 Å². The number of halogens is 1. The number of rotatable bonds is 5. The lowest BCUT2D eigenvalue weighted by Crippen LogP contribution is -2.23. The lowest BCUT2D eigenvalue weighted by atomic mass is 10.1. The Bertz CT molecular complexity index is 473. The van der Waals surface area contributed by atoms with Gasteiger partial charge in [-0.2, -0.15) is 0 Å². The molecule has 0 radical (unpaired) electrons. The minimum atomic E-state index is 0.142. The van der Waals surface area contributed by atoms with Gasteiger partial charge in [0.05, 0.1) is 6.04 Å². The fourth-order valence-corrected chi connectivity index (χ4v) is 1.78. The summed E-state index contributed by atoms with van der Waals surface area (Å²) in [5.41, 5.74) is 1.15. The number of nitrogens with one attached hydrogen (secondary N) is 1. The van der Waals surface area contributed by atoms with Gasteiger partial charge < -0.3 is 10.1 Å². The van der Waals surface area contributed by atoms with Gasteiger partial charge in [0, 0.05) is 17.4 Å². The van der Waals surface area contributed by atoms with Crippen LogP contribution in [-0.2, 0) is 0 Å². The number of hydrogen-bond donors (Lipinski definition) is 1. The van der Waals surface area contributed by atoms with Crippen LogP contribution in [0.1, 0.15) is 11.6 Å². The molecule has 0 saturated heterocycles. The van der Waals surface area contributed by atoms with Gasteiger partial charge in [-0.25, -0.2) is 0 Å². The van der Waals surface area contributed by atoms with Crippen LogP contribution in [0.2, 0.25) is 5.02 Å². The molecule has 3 nitrogen and oxygen atoms in total. The molecular weight excluding hydrogens is 248 g/mol. The highest BCUT2D eigenvalue weighted by Crippen LogP contribution is 2.18. The molecule has 2 rings (SSSR count). The molecule has 0 bridgehead atoms. The van der Waals surface area contributed by atoms with E-state index in [-0.39, 0.29) is 6.04 Å². The Labute approximate surface area is 112 Å². The van der Waals surface area contributed by atoms with E-state index in [1.165, 1.54) is 0 Å². The summed E-state index contributed by atoms with van der Waals surface area (Å²) in [7, 11) is 1.91. The number of benzene rings is 1. The molecule has 1 unspecified atom stereocenters. The van der Waals surface area contributed by atoms with Crippen LogP contribution in [0.15, 0.2) is 48.8 Å². The summed E-state index contributed by atoms with van der Waals surface area (Å²) >= 11 is 5.82. The van der Waals surface area contributed by atoms with Crippen LogP contribution in [0.25, 0.3) is 0 Å². The second kappa shape index (κ2) is 6.38. The average molecular weight is 263 g/mol. The van der Waals surface area contributed by atoms with Crippen LogP contribution in [0, 0.1) is 0 Å². The minimum absolute atomic E-state index is 0.142. The van der Waals surface area contributed by atoms with E-state index >= 15 is 0 Å². The van der Waals surface area contributed by atoms with Crippen molar-refractivity contribution in [2.24, 2.45) is 0 Å². The Morgan fingerprint density at radius 3 is 2.44 bits per heavy atom. The molecule has 0 spiro atoms. The quantitative estimate of drug-likeness (QED) is 0.899. The zero-order chi connectivity index (χ0) is 12.8. The van der Waals surface area contributed by atoms with Crippen molar-refractivity contribution in [2.45, 2.75) is 6.04 Å². The predicted molar refractivity (Wildman–Crippen MR) is 73.0 cm³/mol. The number of ether oxygens (including phenoxy) is 1. The standard InChI is InChI=1S/C14H15ClN2O/c1-16-14(11-6-8-17-9-7-11)10-18-13-4-2-12(15)3-5-13/h2-9,14,16H,10H2,1H3. The van der Waals surface area contributed by atoms with Gasteiger partial charge in [-0.05, 0) is 49.0 Å². The van der Waals surface area contributed by atoms with Crippen LogP contribution in [0.5, 0.6) is 5.75 Å². The molecule has 1 atom stereocenters. The highest BCUT2D eigenvalue weighted by atomic mass is 35.5. The topological polar surface area (TPSA) is 34.1 Å². The third-order valence-electron chi connectivity index (χ3n) is 2.69. The lowest BCUT2D eigenvalue weighted by Gasteiger charge is -2.17. The van der Waals surface area contributed by atoms with Gasteiger partial charge in [-0.3, -0.25) is 4.98 Å². The lowest BCUT2D eigenvalue weighted by molar-refractivity contribution is 0.273. The average Bonchev–Trinajstić information content (AvgIpc) is 2.43. The van der Waals surface area contributed by atoms with Crippen LogP contribution >= 0.6 is 11.6 Å². The maximum atomic E-state index is 5.82. The maximum absolute atomic E-state index is 5.82. The van der Waals surface area contributed by atoms with E-state index in [1.807, 2.05) is 43.4 Å². The summed E-state index contributed by atoms with van der Waals surface area (Å²) in [4.78, 5) is 4.01. The number of nitrogens with zero attached hydrogens (tertiary/aromatic N) is 1.